The minimum absolute atomic E-state index is 0.328. The van der Waals surface area contributed by atoms with E-state index in [9.17, 15) is 4.39 Å². The van der Waals surface area contributed by atoms with E-state index in [-0.39, 0.29) is 5.82 Å². The number of hydrogen-bond acceptors (Lipinski definition) is 2. The molecule has 2 nitrogen and oxygen atoms in total. The molecule has 60 valence electrons. The van der Waals surface area contributed by atoms with Gasteiger partial charge in [-0.1, -0.05) is 0 Å². The Balaban J connectivity index is 3.05. The monoisotopic (exact) mass is 174 g/mol. The molecule has 0 saturated carbocycles. The molecule has 0 aliphatic rings. The highest BCUT2D eigenvalue weighted by molar-refractivity contribution is 7.54. The van der Waals surface area contributed by atoms with Gasteiger partial charge < -0.3 is 9.79 Å². The van der Waals surface area contributed by atoms with E-state index in [1.807, 2.05) is 0 Å². The van der Waals surface area contributed by atoms with Gasteiger partial charge in [0.25, 0.3) is 0 Å². The lowest BCUT2D eigenvalue weighted by atomic mass is 10.2. The summed E-state index contributed by atoms with van der Waals surface area (Å²) in [5, 5.41) is 0.374. The maximum Gasteiger partial charge on any atom is 0.199 e. The van der Waals surface area contributed by atoms with Crippen LogP contribution >= 0.6 is 8.38 Å². The summed E-state index contributed by atoms with van der Waals surface area (Å²) in [6, 6.07) is 4.03. The zero-order chi connectivity index (χ0) is 8.43. The van der Waals surface area contributed by atoms with Crippen LogP contribution in [0.25, 0.3) is 0 Å². The third-order valence-corrected chi connectivity index (χ3v) is 2.11. The third-order valence-electron chi connectivity index (χ3n) is 1.37. The molecule has 0 radical (unpaired) electrons. The number of hydrogen-bond donors (Lipinski definition) is 2. The van der Waals surface area contributed by atoms with Gasteiger partial charge in [0.1, 0.15) is 5.82 Å². The van der Waals surface area contributed by atoms with Crippen molar-refractivity contribution in [1.29, 1.82) is 0 Å². The maximum absolute atomic E-state index is 12.6. The van der Waals surface area contributed by atoms with Crippen molar-refractivity contribution in [3.05, 3.63) is 29.6 Å². The molecular formula is C7H8FO2P. The van der Waals surface area contributed by atoms with Gasteiger partial charge in [-0.3, -0.25) is 0 Å². The Labute approximate surface area is 65.2 Å². The molecule has 0 bridgehead atoms. The van der Waals surface area contributed by atoms with Crippen LogP contribution in [0.5, 0.6) is 0 Å². The predicted molar refractivity (Wildman–Crippen MR) is 42.1 cm³/mol. The maximum atomic E-state index is 12.6. The van der Waals surface area contributed by atoms with Gasteiger partial charge in [-0.2, -0.15) is 0 Å². The smallest absolute Gasteiger partial charge is 0.199 e. The highest BCUT2D eigenvalue weighted by atomic mass is 31.2. The van der Waals surface area contributed by atoms with Crippen LogP contribution in [-0.4, -0.2) is 9.79 Å². The number of benzene rings is 1. The summed E-state index contributed by atoms with van der Waals surface area (Å²) in [6.45, 7) is 1.58. The lowest BCUT2D eigenvalue weighted by Gasteiger charge is -2.03. The molecule has 1 aromatic rings. The van der Waals surface area contributed by atoms with Gasteiger partial charge >= 0.3 is 0 Å². The summed E-state index contributed by atoms with van der Waals surface area (Å²) >= 11 is 0. The number of rotatable bonds is 1. The lowest BCUT2D eigenvalue weighted by molar-refractivity contribution is 0.497. The van der Waals surface area contributed by atoms with Gasteiger partial charge in [0.15, 0.2) is 8.38 Å². The quantitative estimate of drug-likeness (QED) is 0.625. The summed E-state index contributed by atoms with van der Waals surface area (Å²) < 4.78 is 12.6. The molecule has 0 heterocycles. The van der Waals surface area contributed by atoms with E-state index in [4.69, 9.17) is 9.79 Å². The second kappa shape index (κ2) is 3.26. The summed E-state index contributed by atoms with van der Waals surface area (Å²) in [7, 11) is -2.09. The summed E-state index contributed by atoms with van der Waals surface area (Å²) in [4.78, 5) is 17.5. The first kappa shape index (κ1) is 8.60. The minimum Gasteiger partial charge on any atom is -0.347 e. The van der Waals surface area contributed by atoms with Crippen LogP contribution in [0.15, 0.2) is 18.2 Å². The van der Waals surface area contributed by atoms with Gasteiger partial charge in [-0.15, -0.1) is 0 Å². The summed E-state index contributed by atoms with van der Waals surface area (Å²) in [6.07, 6.45) is 0. The minimum atomic E-state index is -2.09. The largest absolute Gasteiger partial charge is 0.347 e. The van der Waals surface area contributed by atoms with Crippen LogP contribution in [0.1, 0.15) is 5.56 Å². The normalized spacial score (nSPS) is 10.6. The SMILES string of the molecule is Cc1cc(P(O)O)ccc1F. The van der Waals surface area contributed by atoms with Crippen molar-refractivity contribution in [2.45, 2.75) is 6.92 Å². The zero-order valence-corrected chi connectivity index (χ0v) is 6.85. The fourth-order valence-corrected chi connectivity index (χ4v) is 1.27. The van der Waals surface area contributed by atoms with Crippen molar-refractivity contribution in [1.82, 2.24) is 0 Å². The Morgan fingerprint density at radius 1 is 1.36 bits per heavy atom. The van der Waals surface area contributed by atoms with E-state index in [0.717, 1.165) is 0 Å². The molecule has 0 spiro atoms. The first-order valence-electron chi connectivity index (χ1n) is 3.05. The molecule has 2 N–H and O–H groups in total. The average molecular weight is 174 g/mol. The molecule has 1 aromatic carbocycles. The molecular weight excluding hydrogens is 166 g/mol. The summed E-state index contributed by atoms with van der Waals surface area (Å²) in [5.41, 5.74) is 0.429. The predicted octanol–water partition coefficient (Wildman–Crippen LogP) is 1.06. The summed E-state index contributed by atoms with van der Waals surface area (Å²) in [5.74, 6) is -0.328. The Morgan fingerprint density at radius 2 is 2.00 bits per heavy atom. The van der Waals surface area contributed by atoms with E-state index < -0.39 is 8.38 Å². The van der Waals surface area contributed by atoms with E-state index in [1.54, 1.807) is 6.92 Å². The second-order valence-electron chi connectivity index (χ2n) is 2.22. The van der Waals surface area contributed by atoms with Crippen molar-refractivity contribution in [3.8, 4) is 0 Å². The molecule has 0 aliphatic heterocycles. The molecule has 0 saturated heterocycles. The molecule has 0 aromatic heterocycles. The van der Waals surface area contributed by atoms with E-state index in [0.29, 0.717) is 10.9 Å². The second-order valence-corrected chi connectivity index (χ2v) is 3.32. The third kappa shape index (κ3) is 1.96. The van der Waals surface area contributed by atoms with Crippen molar-refractivity contribution < 1.29 is 14.2 Å². The Morgan fingerprint density at radius 3 is 2.45 bits per heavy atom. The van der Waals surface area contributed by atoms with Crippen LogP contribution in [0.3, 0.4) is 0 Å². The molecule has 0 unspecified atom stereocenters. The molecule has 0 atom stereocenters. The lowest BCUT2D eigenvalue weighted by Crippen LogP contribution is -2.01. The first-order valence-corrected chi connectivity index (χ1v) is 4.30. The first-order chi connectivity index (χ1) is 5.11. The molecule has 0 fully saturated rings. The highest BCUT2D eigenvalue weighted by Crippen LogP contribution is 2.22. The van der Waals surface area contributed by atoms with Crippen LogP contribution in [0.4, 0.5) is 4.39 Å². The zero-order valence-electron chi connectivity index (χ0n) is 5.95. The van der Waals surface area contributed by atoms with Crippen LogP contribution in [0, 0.1) is 12.7 Å². The standard InChI is InChI=1S/C7H8FO2P/c1-5-4-6(11(9)10)2-3-7(5)8/h2-4,9-10H,1H3. The van der Waals surface area contributed by atoms with Crippen molar-refractivity contribution in [2.24, 2.45) is 0 Å². The van der Waals surface area contributed by atoms with Gasteiger partial charge in [0.05, 0.1) is 0 Å². The Hall–Kier alpha value is -0.500. The van der Waals surface area contributed by atoms with Gasteiger partial charge in [0, 0.05) is 5.30 Å². The van der Waals surface area contributed by atoms with Crippen molar-refractivity contribution in [3.63, 3.8) is 0 Å². The topological polar surface area (TPSA) is 40.5 Å². The number of halogens is 1. The molecule has 0 aliphatic carbocycles. The van der Waals surface area contributed by atoms with E-state index in [1.165, 1.54) is 18.2 Å². The van der Waals surface area contributed by atoms with Crippen molar-refractivity contribution in [2.75, 3.05) is 0 Å². The highest BCUT2D eigenvalue weighted by Gasteiger charge is 2.05. The van der Waals surface area contributed by atoms with Crippen molar-refractivity contribution >= 4 is 13.7 Å². The average Bonchev–Trinajstić information content (AvgIpc) is 1.94. The molecule has 11 heavy (non-hydrogen) atoms. The fraction of sp³-hybridized carbons (Fsp3) is 0.143. The van der Waals surface area contributed by atoms with Gasteiger partial charge in [-0.05, 0) is 30.7 Å². The fourth-order valence-electron chi connectivity index (χ4n) is 0.753. The number of aryl methyl sites for hydroxylation is 1. The Bertz CT molecular complexity index is 263. The van der Waals surface area contributed by atoms with Gasteiger partial charge in [-0.25, -0.2) is 4.39 Å². The van der Waals surface area contributed by atoms with Crippen LogP contribution in [-0.2, 0) is 0 Å². The molecule has 1 rings (SSSR count). The Kier molecular flexibility index (Phi) is 2.55. The molecule has 4 heteroatoms. The molecule has 0 amide bonds. The van der Waals surface area contributed by atoms with E-state index >= 15 is 0 Å². The van der Waals surface area contributed by atoms with Crippen LogP contribution in [0.2, 0.25) is 0 Å². The van der Waals surface area contributed by atoms with E-state index in [2.05, 4.69) is 0 Å². The van der Waals surface area contributed by atoms with Crippen LogP contribution < -0.4 is 5.30 Å². The van der Waals surface area contributed by atoms with Gasteiger partial charge in [0.2, 0.25) is 0 Å².